The summed E-state index contributed by atoms with van der Waals surface area (Å²) in [5.41, 5.74) is 0. The second-order valence-corrected chi connectivity index (χ2v) is 4.33. The molecule has 1 heterocycles. The van der Waals surface area contributed by atoms with Crippen LogP contribution in [0.4, 0.5) is 0 Å². The lowest BCUT2D eigenvalue weighted by atomic mass is 10.1. The molecule has 0 radical (unpaired) electrons. The number of aliphatic hydroxyl groups excluding tert-OH is 1. The third-order valence-electron chi connectivity index (χ3n) is 2.61. The molecular formula is C10H21NOS. The van der Waals surface area contributed by atoms with E-state index in [4.69, 9.17) is 0 Å². The molecule has 1 N–H and O–H groups in total. The Bertz CT molecular complexity index is 132. The van der Waals surface area contributed by atoms with Crippen LogP contribution in [-0.2, 0) is 0 Å². The van der Waals surface area contributed by atoms with E-state index in [2.05, 4.69) is 17.5 Å². The van der Waals surface area contributed by atoms with Gasteiger partial charge in [-0.25, -0.2) is 0 Å². The fourth-order valence-electron chi connectivity index (χ4n) is 1.86. The summed E-state index contributed by atoms with van der Waals surface area (Å²) in [6.45, 7) is 3.23. The van der Waals surface area contributed by atoms with E-state index in [1.54, 1.807) is 0 Å². The zero-order valence-electron chi connectivity index (χ0n) is 8.28. The molecule has 1 aliphatic rings. The lowest BCUT2D eigenvalue weighted by Crippen LogP contribution is -2.38. The predicted octanol–water partition coefficient (Wildman–Crippen LogP) is 1.54. The Morgan fingerprint density at radius 2 is 2.15 bits per heavy atom. The fourth-order valence-corrected chi connectivity index (χ4v) is 2.08. The van der Waals surface area contributed by atoms with Crippen LogP contribution in [0.15, 0.2) is 0 Å². The number of thiol groups is 1. The van der Waals surface area contributed by atoms with Crippen LogP contribution in [-0.4, -0.2) is 41.5 Å². The van der Waals surface area contributed by atoms with E-state index in [1.165, 1.54) is 25.8 Å². The first-order chi connectivity index (χ1) is 6.33. The van der Waals surface area contributed by atoms with Crippen LogP contribution < -0.4 is 0 Å². The molecule has 2 nitrogen and oxygen atoms in total. The molecular weight excluding hydrogens is 182 g/mol. The van der Waals surface area contributed by atoms with Crippen molar-refractivity contribution in [1.29, 1.82) is 0 Å². The van der Waals surface area contributed by atoms with E-state index < -0.39 is 0 Å². The van der Waals surface area contributed by atoms with Gasteiger partial charge < -0.3 is 10.0 Å². The summed E-state index contributed by atoms with van der Waals surface area (Å²) in [5, 5.41) is 9.43. The SMILES string of the molecule is OC1CCCN(CCCCCS)C1. The van der Waals surface area contributed by atoms with Crippen molar-refractivity contribution >= 4 is 12.6 Å². The molecule has 0 spiro atoms. The summed E-state index contributed by atoms with van der Waals surface area (Å²) in [7, 11) is 0. The number of likely N-dealkylation sites (tertiary alicyclic amines) is 1. The number of nitrogens with zero attached hydrogens (tertiary/aromatic N) is 1. The van der Waals surface area contributed by atoms with Crippen molar-refractivity contribution < 1.29 is 5.11 Å². The number of rotatable bonds is 5. The van der Waals surface area contributed by atoms with E-state index >= 15 is 0 Å². The summed E-state index contributed by atoms with van der Waals surface area (Å²) in [4.78, 5) is 2.38. The van der Waals surface area contributed by atoms with Crippen LogP contribution in [0.2, 0.25) is 0 Å². The zero-order chi connectivity index (χ0) is 9.52. The minimum absolute atomic E-state index is 0.0707. The zero-order valence-corrected chi connectivity index (χ0v) is 9.18. The monoisotopic (exact) mass is 203 g/mol. The molecule has 3 heteroatoms. The molecule has 1 rings (SSSR count). The number of aliphatic hydroxyl groups is 1. The highest BCUT2D eigenvalue weighted by atomic mass is 32.1. The van der Waals surface area contributed by atoms with Crippen molar-refractivity contribution in [2.45, 2.75) is 38.2 Å². The average Bonchev–Trinajstić information content (AvgIpc) is 2.13. The van der Waals surface area contributed by atoms with Gasteiger partial charge in [-0.05, 0) is 44.5 Å². The topological polar surface area (TPSA) is 23.5 Å². The highest BCUT2D eigenvalue weighted by Crippen LogP contribution is 2.10. The molecule has 1 saturated heterocycles. The first kappa shape index (κ1) is 11.3. The summed E-state index contributed by atoms with van der Waals surface area (Å²) in [6.07, 6.45) is 5.84. The van der Waals surface area contributed by atoms with Crippen LogP contribution in [0, 0.1) is 0 Å². The van der Waals surface area contributed by atoms with Gasteiger partial charge in [0.2, 0.25) is 0 Å². The second kappa shape index (κ2) is 6.68. The van der Waals surface area contributed by atoms with Gasteiger partial charge in [-0.1, -0.05) is 6.42 Å². The van der Waals surface area contributed by atoms with Crippen molar-refractivity contribution in [2.24, 2.45) is 0 Å². The van der Waals surface area contributed by atoms with Crippen molar-refractivity contribution in [2.75, 3.05) is 25.4 Å². The van der Waals surface area contributed by atoms with Gasteiger partial charge in [0, 0.05) is 6.54 Å². The van der Waals surface area contributed by atoms with E-state index in [1.807, 2.05) is 0 Å². The van der Waals surface area contributed by atoms with Crippen molar-refractivity contribution in [3.63, 3.8) is 0 Å². The van der Waals surface area contributed by atoms with Crippen molar-refractivity contribution in [3.05, 3.63) is 0 Å². The van der Waals surface area contributed by atoms with Crippen LogP contribution in [0.1, 0.15) is 32.1 Å². The molecule has 1 unspecified atom stereocenters. The predicted molar refractivity (Wildman–Crippen MR) is 59.4 cm³/mol. The largest absolute Gasteiger partial charge is 0.392 e. The van der Waals surface area contributed by atoms with Gasteiger partial charge in [-0.3, -0.25) is 0 Å². The van der Waals surface area contributed by atoms with Crippen molar-refractivity contribution in [3.8, 4) is 0 Å². The molecule has 0 amide bonds. The van der Waals surface area contributed by atoms with E-state index in [0.29, 0.717) is 0 Å². The fraction of sp³-hybridized carbons (Fsp3) is 1.00. The molecule has 1 fully saturated rings. The highest BCUT2D eigenvalue weighted by Gasteiger charge is 2.16. The van der Waals surface area contributed by atoms with E-state index in [-0.39, 0.29) is 6.10 Å². The molecule has 0 aliphatic carbocycles. The first-order valence-corrected chi connectivity index (χ1v) is 5.97. The van der Waals surface area contributed by atoms with Crippen LogP contribution in [0.3, 0.4) is 0 Å². The third-order valence-corrected chi connectivity index (χ3v) is 2.93. The van der Waals surface area contributed by atoms with Crippen LogP contribution in [0.25, 0.3) is 0 Å². The summed E-state index contributed by atoms with van der Waals surface area (Å²) >= 11 is 4.18. The lowest BCUT2D eigenvalue weighted by molar-refractivity contribution is 0.0699. The minimum Gasteiger partial charge on any atom is -0.392 e. The van der Waals surface area contributed by atoms with Crippen molar-refractivity contribution in [1.82, 2.24) is 4.90 Å². The smallest absolute Gasteiger partial charge is 0.0667 e. The highest BCUT2D eigenvalue weighted by molar-refractivity contribution is 7.80. The lowest BCUT2D eigenvalue weighted by Gasteiger charge is -2.29. The van der Waals surface area contributed by atoms with Gasteiger partial charge in [-0.15, -0.1) is 0 Å². The molecule has 0 saturated carbocycles. The van der Waals surface area contributed by atoms with Crippen LogP contribution in [0.5, 0.6) is 0 Å². The Morgan fingerprint density at radius 3 is 2.85 bits per heavy atom. The van der Waals surface area contributed by atoms with Crippen LogP contribution >= 0.6 is 12.6 Å². The second-order valence-electron chi connectivity index (χ2n) is 3.88. The third kappa shape index (κ3) is 4.89. The molecule has 0 aromatic carbocycles. The normalized spacial score (nSPS) is 24.9. The minimum atomic E-state index is -0.0707. The molecule has 0 bridgehead atoms. The van der Waals surface area contributed by atoms with Gasteiger partial charge >= 0.3 is 0 Å². The molecule has 1 aliphatic heterocycles. The van der Waals surface area contributed by atoms with Gasteiger partial charge in [0.1, 0.15) is 0 Å². The standard InChI is InChI=1S/C10H21NOS/c12-10-5-4-7-11(9-10)6-2-1-3-8-13/h10,12-13H,1-9H2. The Balaban J connectivity index is 2.00. The maximum Gasteiger partial charge on any atom is 0.0667 e. The summed E-state index contributed by atoms with van der Waals surface area (Å²) < 4.78 is 0. The quantitative estimate of drug-likeness (QED) is 0.523. The number of hydrogen-bond acceptors (Lipinski definition) is 3. The first-order valence-electron chi connectivity index (χ1n) is 5.34. The van der Waals surface area contributed by atoms with Gasteiger partial charge in [0.15, 0.2) is 0 Å². The maximum absolute atomic E-state index is 9.43. The Hall–Kier alpha value is 0.270. The van der Waals surface area contributed by atoms with E-state index in [9.17, 15) is 5.11 Å². The number of piperidine rings is 1. The van der Waals surface area contributed by atoms with Gasteiger partial charge in [0.05, 0.1) is 6.10 Å². The summed E-state index contributed by atoms with van der Waals surface area (Å²) in [6, 6.07) is 0. The number of hydrogen-bond donors (Lipinski definition) is 2. The molecule has 0 aromatic rings. The molecule has 1 atom stereocenters. The number of β-amino-alcohol motifs (C(OH)–C–C–N with tert-alkyl or cyclic N) is 1. The molecule has 13 heavy (non-hydrogen) atoms. The summed E-state index contributed by atoms with van der Waals surface area (Å²) in [5.74, 6) is 1.00. The Labute approximate surface area is 86.7 Å². The van der Waals surface area contributed by atoms with E-state index in [0.717, 1.165) is 31.7 Å². The Kier molecular flexibility index (Phi) is 5.83. The maximum atomic E-state index is 9.43. The van der Waals surface area contributed by atoms with Gasteiger partial charge in [-0.2, -0.15) is 12.6 Å². The van der Waals surface area contributed by atoms with Gasteiger partial charge in [0.25, 0.3) is 0 Å². The Morgan fingerprint density at radius 1 is 1.31 bits per heavy atom. The number of unbranched alkanes of at least 4 members (excludes halogenated alkanes) is 2. The molecule has 78 valence electrons. The molecule has 0 aromatic heterocycles. The average molecular weight is 203 g/mol.